The van der Waals surface area contributed by atoms with Crippen LogP contribution in [0.25, 0.3) is 5.65 Å². The number of hydrogen-bond acceptors (Lipinski definition) is 5. The molecule has 3 heterocycles. The summed E-state index contributed by atoms with van der Waals surface area (Å²) in [7, 11) is 0. The van der Waals surface area contributed by atoms with Gasteiger partial charge in [0, 0.05) is 38.9 Å². The van der Waals surface area contributed by atoms with Gasteiger partial charge in [0.2, 0.25) is 5.91 Å². The maximum absolute atomic E-state index is 12.6. The Balaban J connectivity index is 1.31. The lowest BCUT2D eigenvalue weighted by molar-refractivity contribution is -0.133. The lowest BCUT2D eigenvalue weighted by atomic mass is 10.2. The van der Waals surface area contributed by atoms with Crippen LogP contribution in [0.3, 0.4) is 0 Å². The average Bonchev–Trinajstić information content (AvgIpc) is 3.06. The van der Waals surface area contributed by atoms with Crippen molar-refractivity contribution >= 4 is 11.6 Å². The van der Waals surface area contributed by atoms with E-state index >= 15 is 0 Å². The normalized spacial score (nSPS) is 15.0. The van der Waals surface area contributed by atoms with E-state index in [-0.39, 0.29) is 18.1 Å². The minimum Gasteiger partial charge on any atom is -0.494 e. The number of amides is 1. The number of pyridine rings is 1. The molecule has 1 aliphatic rings. The molecule has 1 aromatic carbocycles. The first-order chi connectivity index (χ1) is 14.1. The molecule has 152 valence electrons. The fraction of sp³-hybridized carbons (Fsp3) is 0.381. The third-order valence-electron chi connectivity index (χ3n) is 5.14. The molecule has 0 saturated carbocycles. The highest BCUT2D eigenvalue weighted by Crippen LogP contribution is 2.15. The molecule has 1 amide bonds. The summed E-state index contributed by atoms with van der Waals surface area (Å²) in [5.41, 5.74) is 1.48. The van der Waals surface area contributed by atoms with Gasteiger partial charge in [-0.05, 0) is 36.8 Å². The minimum absolute atomic E-state index is 0.0284. The molecule has 8 nitrogen and oxygen atoms in total. The summed E-state index contributed by atoms with van der Waals surface area (Å²) in [6, 6.07) is 13.5. The molecule has 0 aliphatic carbocycles. The zero-order valence-corrected chi connectivity index (χ0v) is 16.5. The predicted molar refractivity (Wildman–Crippen MR) is 109 cm³/mol. The lowest BCUT2D eigenvalue weighted by Gasteiger charge is -2.34. The highest BCUT2D eigenvalue weighted by Gasteiger charge is 2.22. The number of carbonyl (C=O) groups excluding carboxylic acids is 1. The van der Waals surface area contributed by atoms with E-state index in [2.05, 4.69) is 22.1 Å². The molecule has 1 saturated heterocycles. The van der Waals surface area contributed by atoms with Crippen LogP contribution in [0.4, 0.5) is 0 Å². The first-order valence-electron chi connectivity index (χ1n) is 9.90. The van der Waals surface area contributed by atoms with Gasteiger partial charge in [-0.2, -0.15) is 0 Å². The number of nitrogens with zero attached hydrogens (tertiary/aromatic N) is 5. The van der Waals surface area contributed by atoms with E-state index in [0.717, 1.165) is 25.4 Å². The van der Waals surface area contributed by atoms with Crippen molar-refractivity contribution in [3.05, 3.63) is 64.7 Å². The van der Waals surface area contributed by atoms with Gasteiger partial charge in [-0.3, -0.25) is 14.1 Å². The number of hydrogen-bond donors (Lipinski definition) is 0. The summed E-state index contributed by atoms with van der Waals surface area (Å²) >= 11 is 0. The SMILES string of the molecule is CCOc1ccc(CN2CCN(C(=O)Cn3nc4ccccn4c3=O)CC2)cc1. The van der Waals surface area contributed by atoms with Gasteiger partial charge in [0.25, 0.3) is 0 Å². The number of aromatic nitrogens is 3. The summed E-state index contributed by atoms with van der Waals surface area (Å²) in [5.74, 6) is 0.810. The summed E-state index contributed by atoms with van der Waals surface area (Å²) in [5, 5.41) is 4.24. The van der Waals surface area contributed by atoms with Crippen LogP contribution in [-0.2, 0) is 17.9 Å². The molecule has 1 aliphatic heterocycles. The van der Waals surface area contributed by atoms with E-state index in [1.165, 1.54) is 14.6 Å². The van der Waals surface area contributed by atoms with Crippen LogP contribution in [0, 0.1) is 0 Å². The molecule has 3 aromatic rings. The standard InChI is InChI=1S/C21H25N5O3/c1-2-29-18-8-6-17(7-9-18)15-23-11-13-24(14-12-23)20(27)16-26-21(28)25-10-4-3-5-19(25)22-26/h3-10H,2,11-16H2,1H3. The first-order valence-corrected chi connectivity index (χ1v) is 9.90. The quantitative estimate of drug-likeness (QED) is 0.628. The zero-order chi connectivity index (χ0) is 20.2. The van der Waals surface area contributed by atoms with Gasteiger partial charge >= 0.3 is 5.69 Å². The van der Waals surface area contributed by atoms with Gasteiger partial charge < -0.3 is 9.64 Å². The van der Waals surface area contributed by atoms with E-state index in [1.54, 1.807) is 18.3 Å². The topological polar surface area (TPSA) is 72.1 Å². The van der Waals surface area contributed by atoms with Gasteiger partial charge in [-0.15, -0.1) is 5.10 Å². The Kier molecular flexibility index (Phi) is 5.62. The highest BCUT2D eigenvalue weighted by atomic mass is 16.5. The van der Waals surface area contributed by atoms with E-state index in [4.69, 9.17) is 4.74 Å². The van der Waals surface area contributed by atoms with Gasteiger partial charge in [0.1, 0.15) is 12.3 Å². The van der Waals surface area contributed by atoms with Crippen LogP contribution in [-0.4, -0.2) is 62.7 Å². The van der Waals surface area contributed by atoms with Crippen molar-refractivity contribution in [2.24, 2.45) is 0 Å². The van der Waals surface area contributed by atoms with Crippen molar-refractivity contribution < 1.29 is 9.53 Å². The maximum Gasteiger partial charge on any atom is 0.350 e. The van der Waals surface area contributed by atoms with Crippen LogP contribution in [0.1, 0.15) is 12.5 Å². The molecule has 4 rings (SSSR count). The van der Waals surface area contributed by atoms with Crippen LogP contribution < -0.4 is 10.4 Å². The van der Waals surface area contributed by atoms with Gasteiger partial charge in [0.05, 0.1) is 6.61 Å². The van der Waals surface area contributed by atoms with Crippen molar-refractivity contribution in [2.45, 2.75) is 20.0 Å². The number of ether oxygens (including phenoxy) is 1. The second kappa shape index (κ2) is 8.48. The summed E-state index contributed by atoms with van der Waals surface area (Å²) in [4.78, 5) is 29.1. The smallest absolute Gasteiger partial charge is 0.350 e. The summed E-state index contributed by atoms with van der Waals surface area (Å²) < 4.78 is 8.17. The Labute approximate surface area is 168 Å². The molecule has 1 fully saturated rings. The Morgan fingerprint density at radius 3 is 2.52 bits per heavy atom. The second-order valence-electron chi connectivity index (χ2n) is 7.10. The van der Waals surface area contributed by atoms with Crippen molar-refractivity contribution in [3.8, 4) is 5.75 Å². The first kappa shape index (κ1) is 19.2. The molecule has 0 spiro atoms. The molecule has 29 heavy (non-hydrogen) atoms. The van der Waals surface area contributed by atoms with Gasteiger partial charge in [-0.1, -0.05) is 18.2 Å². The minimum atomic E-state index is -0.289. The van der Waals surface area contributed by atoms with Crippen molar-refractivity contribution in [1.82, 2.24) is 24.0 Å². The largest absolute Gasteiger partial charge is 0.494 e. The van der Waals surface area contributed by atoms with Crippen LogP contribution in [0.15, 0.2) is 53.5 Å². The van der Waals surface area contributed by atoms with E-state index in [1.807, 2.05) is 30.0 Å². The number of carbonyl (C=O) groups is 1. The predicted octanol–water partition coefficient (Wildman–Crippen LogP) is 1.24. The van der Waals surface area contributed by atoms with Crippen LogP contribution in [0.5, 0.6) is 5.75 Å². The van der Waals surface area contributed by atoms with E-state index in [0.29, 0.717) is 25.3 Å². The number of fused-ring (bicyclic) bond motifs is 1. The van der Waals surface area contributed by atoms with Crippen LogP contribution >= 0.6 is 0 Å². The van der Waals surface area contributed by atoms with Crippen molar-refractivity contribution in [3.63, 3.8) is 0 Å². The second-order valence-corrected chi connectivity index (χ2v) is 7.10. The zero-order valence-electron chi connectivity index (χ0n) is 16.5. The summed E-state index contributed by atoms with van der Waals surface area (Å²) in [6.07, 6.45) is 1.66. The molecular weight excluding hydrogens is 370 g/mol. The van der Waals surface area contributed by atoms with Crippen LogP contribution in [0.2, 0.25) is 0 Å². The van der Waals surface area contributed by atoms with Gasteiger partial charge in [-0.25, -0.2) is 9.48 Å². The lowest BCUT2D eigenvalue weighted by Crippen LogP contribution is -2.49. The van der Waals surface area contributed by atoms with E-state index in [9.17, 15) is 9.59 Å². The number of rotatable bonds is 6. The van der Waals surface area contributed by atoms with E-state index < -0.39 is 0 Å². The molecule has 0 atom stereocenters. The molecule has 0 N–H and O–H groups in total. The Hall–Kier alpha value is -3.13. The third kappa shape index (κ3) is 4.32. The molecule has 8 heteroatoms. The third-order valence-corrected chi connectivity index (χ3v) is 5.14. The molecule has 0 radical (unpaired) electrons. The average molecular weight is 395 g/mol. The monoisotopic (exact) mass is 395 g/mol. The molecular formula is C21H25N5O3. The fourth-order valence-electron chi connectivity index (χ4n) is 3.57. The Morgan fingerprint density at radius 2 is 1.83 bits per heavy atom. The number of piperazine rings is 1. The maximum atomic E-state index is 12.6. The molecule has 0 unspecified atom stereocenters. The Bertz CT molecular complexity index is 1030. The molecule has 0 bridgehead atoms. The number of benzene rings is 1. The fourth-order valence-corrected chi connectivity index (χ4v) is 3.57. The molecule has 2 aromatic heterocycles. The summed E-state index contributed by atoms with van der Waals surface area (Å²) in [6.45, 7) is 6.37. The van der Waals surface area contributed by atoms with Crippen molar-refractivity contribution in [1.29, 1.82) is 0 Å². The Morgan fingerprint density at radius 1 is 1.07 bits per heavy atom. The highest BCUT2D eigenvalue weighted by molar-refractivity contribution is 5.76. The van der Waals surface area contributed by atoms with Gasteiger partial charge in [0.15, 0.2) is 5.65 Å². The van der Waals surface area contributed by atoms with Crippen molar-refractivity contribution in [2.75, 3.05) is 32.8 Å².